The molecule has 1 N–H and O–H groups in total. The first-order valence-corrected chi connectivity index (χ1v) is 7.93. The lowest BCUT2D eigenvalue weighted by Gasteiger charge is -2.06. The van der Waals surface area contributed by atoms with Gasteiger partial charge in [0.25, 0.3) is 5.91 Å². The van der Waals surface area contributed by atoms with Crippen LogP contribution in [0.15, 0.2) is 53.2 Å². The minimum absolute atomic E-state index is 0.207. The van der Waals surface area contributed by atoms with Gasteiger partial charge in [0.1, 0.15) is 17.0 Å². The number of nitrogens with one attached hydrogen (secondary N) is 1. The van der Waals surface area contributed by atoms with Gasteiger partial charge in [0.15, 0.2) is 0 Å². The summed E-state index contributed by atoms with van der Waals surface area (Å²) in [5, 5.41) is 6.80. The molecule has 0 saturated carbocycles. The summed E-state index contributed by atoms with van der Waals surface area (Å²) in [6.07, 6.45) is 1.41. The molecule has 0 aliphatic heterocycles. The Bertz CT molecular complexity index is 918. The highest BCUT2D eigenvalue weighted by molar-refractivity contribution is 6.00. The molecule has 7 nitrogen and oxygen atoms in total. The van der Waals surface area contributed by atoms with Gasteiger partial charge in [0.05, 0.1) is 24.9 Å². The van der Waals surface area contributed by atoms with Crippen LogP contribution in [0.1, 0.15) is 32.2 Å². The summed E-state index contributed by atoms with van der Waals surface area (Å²) < 4.78 is 9.83. The second-order valence-electron chi connectivity index (χ2n) is 5.54. The van der Waals surface area contributed by atoms with Crippen LogP contribution in [-0.4, -0.2) is 29.1 Å². The Morgan fingerprint density at radius 1 is 1.15 bits per heavy atom. The fourth-order valence-corrected chi connectivity index (χ4v) is 2.46. The molecule has 0 aliphatic carbocycles. The number of carbonyl (C=O) groups excluding carboxylic acids is 2. The van der Waals surface area contributed by atoms with Crippen molar-refractivity contribution in [3.8, 4) is 11.3 Å². The van der Waals surface area contributed by atoms with Crippen molar-refractivity contribution in [3.63, 3.8) is 0 Å². The zero-order valence-electron chi connectivity index (χ0n) is 14.4. The molecule has 0 saturated heterocycles. The van der Waals surface area contributed by atoms with Crippen molar-refractivity contribution >= 4 is 11.9 Å². The number of amides is 1. The summed E-state index contributed by atoms with van der Waals surface area (Å²) in [7, 11) is 1.31. The summed E-state index contributed by atoms with van der Waals surface area (Å²) in [5.74, 6) is -0.322. The Morgan fingerprint density at radius 2 is 1.92 bits per heavy atom. The van der Waals surface area contributed by atoms with Crippen LogP contribution in [-0.2, 0) is 11.3 Å². The quantitative estimate of drug-likeness (QED) is 0.710. The average Bonchev–Trinajstić information content (AvgIpc) is 3.08. The molecule has 2 heterocycles. The van der Waals surface area contributed by atoms with Gasteiger partial charge in [-0.15, -0.1) is 0 Å². The van der Waals surface area contributed by atoms with Gasteiger partial charge in [0, 0.05) is 11.8 Å². The Hall–Kier alpha value is -3.48. The number of aryl methyl sites for hydroxylation is 1. The summed E-state index contributed by atoms with van der Waals surface area (Å²) in [6, 6.07) is 12.6. The average molecular weight is 351 g/mol. The SMILES string of the molecule is COC(=O)c1ccc(CNC(=O)c2c(-c3ccccc3)noc2C)nc1. The van der Waals surface area contributed by atoms with Crippen molar-refractivity contribution in [1.29, 1.82) is 0 Å². The van der Waals surface area contributed by atoms with Gasteiger partial charge in [-0.05, 0) is 19.1 Å². The third kappa shape index (κ3) is 3.61. The summed E-state index contributed by atoms with van der Waals surface area (Å²) >= 11 is 0. The first kappa shape index (κ1) is 17.3. The van der Waals surface area contributed by atoms with E-state index >= 15 is 0 Å². The van der Waals surface area contributed by atoms with E-state index in [1.54, 1.807) is 19.1 Å². The molecular weight excluding hydrogens is 334 g/mol. The van der Waals surface area contributed by atoms with Gasteiger partial charge in [-0.2, -0.15) is 0 Å². The fourth-order valence-electron chi connectivity index (χ4n) is 2.46. The van der Waals surface area contributed by atoms with Crippen molar-refractivity contribution in [2.24, 2.45) is 0 Å². The van der Waals surface area contributed by atoms with Gasteiger partial charge in [-0.25, -0.2) is 4.79 Å². The third-order valence-electron chi connectivity index (χ3n) is 3.81. The number of hydrogen-bond acceptors (Lipinski definition) is 6. The smallest absolute Gasteiger partial charge is 0.339 e. The van der Waals surface area contributed by atoms with Crippen molar-refractivity contribution in [1.82, 2.24) is 15.5 Å². The molecule has 0 radical (unpaired) electrons. The minimum atomic E-state index is -0.458. The maximum absolute atomic E-state index is 12.6. The molecule has 2 aromatic heterocycles. The van der Waals surface area contributed by atoms with Crippen LogP contribution in [0.2, 0.25) is 0 Å². The van der Waals surface area contributed by atoms with E-state index in [1.165, 1.54) is 13.3 Å². The number of methoxy groups -OCH3 is 1. The normalized spacial score (nSPS) is 10.4. The Morgan fingerprint density at radius 3 is 2.58 bits per heavy atom. The summed E-state index contributed by atoms with van der Waals surface area (Å²) in [4.78, 5) is 28.2. The lowest BCUT2D eigenvalue weighted by Crippen LogP contribution is -2.24. The molecule has 0 spiro atoms. The molecule has 0 atom stereocenters. The summed E-state index contributed by atoms with van der Waals surface area (Å²) in [6.45, 7) is 1.90. The van der Waals surface area contributed by atoms with Crippen LogP contribution in [0.5, 0.6) is 0 Å². The number of pyridine rings is 1. The third-order valence-corrected chi connectivity index (χ3v) is 3.81. The van der Waals surface area contributed by atoms with Crippen molar-refractivity contribution in [2.45, 2.75) is 13.5 Å². The van der Waals surface area contributed by atoms with E-state index in [1.807, 2.05) is 30.3 Å². The van der Waals surface area contributed by atoms with Crippen molar-refractivity contribution in [2.75, 3.05) is 7.11 Å². The monoisotopic (exact) mass is 351 g/mol. The van der Waals surface area contributed by atoms with E-state index in [0.717, 1.165) is 5.56 Å². The highest BCUT2D eigenvalue weighted by atomic mass is 16.5. The van der Waals surface area contributed by atoms with Crippen LogP contribution < -0.4 is 5.32 Å². The molecule has 26 heavy (non-hydrogen) atoms. The molecular formula is C19H17N3O4. The van der Waals surface area contributed by atoms with E-state index in [9.17, 15) is 9.59 Å². The Balaban J connectivity index is 1.73. The van der Waals surface area contributed by atoms with Gasteiger partial charge >= 0.3 is 5.97 Å². The zero-order valence-corrected chi connectivity index (χ0v) is 14.4. The molecule has 132 valence electrons. The van der Waals surface area contributed by atoms with Crippen LogP contribution in [0.25, 0.3) is 11.3 Å². The van der Waals surface area contributed by atoms with E-state index in [-0.39, 0.29) is 12.5 Å². The van der Waals surface area contributed by atoms with E-state index < -0.39 is 5.97 Å². The number of hydrogen-bond donors (Lipinski definition) is 1. The highest BCUT2D eigenvalue weighted by Crippen LogP contribution is 2.24. The Labute approximate surface area is 150 Å². The molecule has 1 aromatic carbocycles. The predicted molar refractivity (Wildman–Crippen MR) is 93.4 cm³/mol. The second kappa shape index (κ2) is 7.60. The van der Waals surface area contributed by atoms with E-state index in [4.69, 9.17) is 4.52 Å². The van der Waals surface area contributed by atoms with E-state index in [0.29, 0.717) is 28.3 Å². The van der Waals surface area contributed by atoms with Crippen molar-refractivity contribution in [3.05, 3.63) is 71.2 Å². The standard InChI is InChI=1S/C19H17N3O4/c1-12-16(17(22-26-12)13-6-4-3-5-7-13)18(23)21-11-15-9-8-14(10-20-15)19(24)25-2/h3-10H,11H2,1-2H3,(H,21,23). The number of aromatic nitrogens is 2. The molecule has 0 bridgehead atoms. The maximum atomic E-state index is 12.6. The van der Waals surface area contributed by atoms with Gasteiger partial charge in [-0.3, -0.25) is 9.78 Å². The van der Waals surface area contributed by atoms with Gasteiger partial charge in [-0.1, -0.05) is 35.5 Å². The van der Waals surface area contributed by atoms with Crippen LogP contribution in [0, 0.1) is 6.92 Å². The van der Waals surface area contributed by atoms with Gasteiger partial charge < -0.3 is 14.6 Å². The largest absolute Gasteiger partial charge is 0.465 e. The van der Waals surface area contributed by atoms with Gasteiger partial charge in [0.2, 0.25) is 0 Å². The number of nitrogens with zero attached hydrogens (tertiary/aromatic N) is 2. The van der Waals surface area contributed by atoms with E-state index in [2.05, 4.69) is 20.2 Å². The molecule has 7 heteroatoms. The summed E-state index contributed by atoms with van der Waals surface area (Å²) in [5.41, 5.74) is 2.65. The van der Waals surface area contributed by atoms with Crippen LogP contribution in [0.4, 0.5) is 0 Å². The van der Waals surface area contributed by atoms with Crippen molar-refractivity contribution < 1.29 is 18.8 Å². The topological polar surface area (TPSA) is 94.3 Å². The molecule has 0 fully saturated rings. The second-order valence-corrected chi connectivity index (χ2v) is 5.54. The zero-order chi connectivity index (χ0) is 18.5. The molecule has 0 unspecified atom stereocenters. The lowest BCUT2D eigenvalue weighted by molar-refractivity contribution is 0.0600. The highest BCUT2D eigenvalue weighted by Gasteiger charge is 2.21. The predicted octanol–water partition coefficient (Wildman–Crippen LogP) is 2.76. The van der Waals surface area contributed by atoms with Crippen LogP contribution in [0.3, 0.4) is 0 Å². The first-order valence-electron chi connectivity index (χ1n) is 7.93. The van der Waals surface area contributed by atoms with Crippen LogP contribution >= 0.6 is 0 Å². The fraction of sp³-hybridized carbons (Fsp3) is 0.158. The number of carbonyl (C=O) groups is 2. The molecule has 3 rings (SSSR count). The Kier molecular flexibility index (Phi) is 5.07. The molecule has 1 amide bonds. The lowest BCUT2D eigenvalue weighted by atomic mass is 10.1. The number of ether oxygens (including phenoxy) is 1. The number of esters is 1. The maximum Gasteiger partial charge on any atom is 0.339 e. The first-order chi connectivity index (χ1) is 12.6. The molecule has 0 aliphatic rings. The number of rotatable bonds is 5. The molecule has 3 aromatic rings. The number of benzene rings is 1. The minimum Gasteiger partial charge on any atom is -0.465 e.